The predicted molar refractivity (Wildman–Crippen MR) is 125 cm³/mol. The van der Waals surface area contributed by atoms with Crippen molar-refractivity contribution in [1.29, 1.82) is 0 Å². The van der Waals surface area contributed by atoms with Crippen LogP contribution in [0.1, 0.15) is 33.2 Å². The van der Waals surface area contributed by atoms with Gasteiger partial charge >= 0.3 is 5.97 Å². The molecule has 3 aromatic rings. The average Bonchev–Trinajstić information content (AvgIpc) is 2.83. The Bertz CT molecular complexity index is 1120. The summed E-state index contributed by atoms with van der Waals surface area (Å²) in [5.41, 5.74) is 3.26. The van der Waals surface area contributed by atoms with Crippen molar-refractivity contribution in [2.24, 2.45) is 0 Å². The van der Waals surface area contributed by atoms with Gasteiger partial charge in [0.15, 0.2) is 11.5 Å². The Hall–Kier alpha value is -4.00. The number of carbonyl (C=O) groups excluding carboxylic acids is 2. The lowest BCUT2D eigenvalue weighted by Gasteiger charge is -2.20. The molecule has 1 N–H and O–H groups in total. The van der Waals surface area contributed by atoms with Gasteiger partial charge < -0.3 is 24.3 Å². The minimum absolute atomic E-state index is 0.157. The molecular weight excluding hydrogens is 422 g/mol. The third-order valence-corrected chi connectivity index (χ3v) is 5.12. The summed E-state index contributed by atoms with van der Waals surface area (Å²) in [6, 6.07) is 17.6. The number of rotatable bonds is 8. The van der Waals surface area contributed by atoms with Crippen LogP contribution in [0, 0.1) is 13.8 Å². The SMILES string of the molecule is COc1cc(C(=O)OC(C(=O)Nc2cc(C)ccc2C)c2ccccc2)cc(OC)c1OC. The molecule has 3 rings (SSSR count). The van der Waals surface area contributed by atoms with Crippen molar-refractivity contribution in [3.63, 3.8) is 0 Å². The van der Waals surface area contributed by atoms with E-state index in [0.29, 0.717) is 28.5 Å². The van der Waals surface area contributed by atoms with Crippen molar-refractivity contribution in [3.05, 3.63) is 82.9 Å². The van der Waals surface area contributed by atoms with E-state index in [-0.39, 0.29) is 5.56 Å². The van der Waals surface area contributed by atoms with Crippen LogP contribution in [0.4, 0.5) is 5.69 Å². The smallest absolute Gasteiger partial charge is 0.339 e. The van der Waals surface area contributed by atoms with Gasteiger partial charge in [-0.05, 0) is 43.2 Å². The zero-order valence-corrected chi connectivity index (χ0v) is 19.3. The third kappa shape index (κ3) is 5.44. The molecule has 0 bridgehead atoms. The van der Waals surface area contributed by atoms with Gasteiger partial charge in [0.2, 0.25) is 11.9 Å². The van der Waals surface area contributed by atoms with Gasteiger partial charge in [-0.15, -0.1) is 0 Å². The zero-order valence-electron chi connectivity index (χ0n) is 19.3. The fourth-order valence-electron chi connectivity index (χ4n) is 3.34. The summed E-state index contributed by atoms with van der Waals surface area (Å²) in [5, 5.41) is 2.88. The fourth-order valence-corrected chi connectivity index (χ4v) is 3.34. The van der Waals surface area contributed by atoms with Crippen LogP contribution < -0.4 is 19.5 Å². The first kappa shape index (κ1) is 23.7. The summed E-state index contributed by atoms with van der Waals surface area (Å²) in [7, 11) is 4.38. The van der Waals surface area contributed by atoms with Crippen molar-refractivity contribution >= 4 is 17.6 Å². The molecule has 0 saturated carbocycles. The van der Waals surface area contributed by atoms with Gasteiger partial charge in [-0.1, -0.05) is 42.5 Å². The van der Waals surface area contributed by atoms with Crippen LogP contribution in [0.2, 0.25) is 0 Å². The topological polar surface area (TPSA) is 83.1 Å². The second kappa shape index (κ2) is 10.5. The number of hydrogen-bond acceptors (Lipinski definition) is 6. The lowest BCUT2D eigenvalue weighted by Crippen LogP contribution is -2.26. The number of amides is 1. The highest BCUT2D eigenvalue weighted by Gasteiger charge is 2.27. The molecule has 3 aromatic carbocycles. The number of carbonyl (C=O) groups is 2. The molecule has 172 valence electrons. The number of benzene rings is 3. The lowest BCUT2D eigenvalue weighted by atomic mass is 10.1. The van der Waals surface area contributed by atoms with Crippen molar-refractivity contribution in [2.75, 3.05) is 26.6 Å². The summed E-state index contributed by atoms with van der Waals surface area (Å²) in [5.74, 6) is -0.210. The molecule has 1 amide bonds. The Labute approximate surface area is 193 Å². The molecule has 33 heavy (non-hydrogen) atoms. The molecular formula is C26H27NO6. The summed E-state index contributed by atoms with van der Waals surface area (Å²) < 4.78 is 21.6. The van der Waals surface area contributed by atoms with Gasteiger partial charge in [-0.2, -0.15) is 0 Å². The van der Waals surface area contributed by atoms with Crippen LogP contribution in [0.5, 0.6) is 17.2 Å². The number of ether oxygens (including phenoxy) is 4. The van der Waals surface area contributed by atoms with Gasteiger partial charge in [-0.25, -0.2) is 4.79 Å². The van der Waals surface area contributed by atoms with Gasteiger partial charge in [0.1, 0.15) is 0 Å². The Balaban J connectivity index is 1.94. The van der Waals surface area contributed by atoms with Crippen LogP contribution >= 0.6 is 0 Å². The molecule has 0 aromatic heterocycles. The molecule has 7 nitrogen and oxygen atoms in total. The molecule has 0 heterocycles. The van der Waals surface area contributed by atoms with E-state index >= 15 is 0 Å². The number of esters is 1. The summed E-state index contributed by atoms with van der Waals surface area (Å²) >= 11 is 0. The van der Waals surface area contributed by atoms with E-state index in [1.165, 1.54) is 33.5 Å². The van der Waals surface area contributed by atoms with Gasteiger partial charge in [0.25, 0.3) is 5.91 Å². The summed E-state index contributed by atoms with van der Waals surface area (Å²) in [6.45, 7) is 3.84. The Morgan fingerprint density at radius 2 is 1.45 bits per heavy atom. The minimum atomic E-state index is -1.17. The highest BCUT2D eigenvalue weighted by Crippen LogP contribution is 2.38. The van der Waals surface area contributed by atoms with E-state index in [2.05, 4.69) is 5.32 Å². The number of methoxy groups -OCH3 is 3. The van der Waals surface area contributed by atoms with Gasteiger partial charge in [-0.3, -0.25) is 4.79 Å². The van der Waals surface area contributed by atoms with Crippen LogP contribution in [0.3, 0.4) is 0 Å². The fraction of sp³-hybridized carbons (Fsp3) is 0.231. The zero-order chi connectivity index (χ0) is 24.0. The average molecular weight is 450 g/mol. The summed E-state index contributed by atoms with van der Waals surface area (Å²) in [6.07, 6.45) is -1.17. The van der Waals surface area contributed by atoms with E-state index in [1.54, 1.807) is 24.3 Å². The van der Waals surface area contributed by atoms with Crippen molar-refractivity contribution in [1.82, 2.24) is 0 Å². The van der Waals surface area contributed by atoms with Crippen LogP contribution in [-0.4, -0.2) is 33.2 Å². The largest absolute Gasteiger partial charge is 0.493 e. The lowest BCUT2D eigenvalue weighted by molar-refractivity contribution is -0.125. The van der Waals surface area contributed by atoms with Crippen LogP contribution in [-0.2, 0) is 9.53 Å². The highest BCUT2D eigenvalue weighted by molar-refractivity contribution is 5.99. The van der Waals surface area contributed by atoms with E-state index < -0.39 is 18.0 Å². The van der Waals surface area contributed by atoms with Crippen LogP contribution in [0.15, 0.2) is 60.7 Å². The molecule has 1 unspecified atom stereocenters. The predicted octanol–water partition coefficient (Wildman–Crippen LogP) is 4.87. The van der Waals surface area contributed by atoms with E-state index in [0.717, 1.165) is 11.1 Å². The molecule has 0 fully saturated rings. The number of nitrogens with one attached hydrogen (secondary N) is 1. The Kier molecular flexibility index (Phi) is 7.56. The van der Waals surface area contributed by atoms with Gasteiger partial charge in [0.05, 0.1) is 26.9 Å². The monoisotopic (exact) mass is 449 g/mol. The first-order valence-electron chi connectivity index (χ1n) is 10.3. The first-order chi connectivity index (χ1) is 15.9. The minimum Gasteiger partial charge on any atom is -0.493 e. The Morgan fingerprint density at radius 1 is 0.818 bits per heavy atom. The number of anilines is 1. The maximum Gasteiger partial charge on any atom is 0.339 e. The highest BCUT2D eigenvalue weighted by atomic mass is 16.6. The van der Waals surface area contributed by atoms with Gasteiger partial charge in [0, 0.05) is 11.3 Å². The third-order valence-electron chi connectivity index (χ3n) is 5.12. The standard InChI is InChI=1S/C26H27NO6/c1-16-11-12-17(2)20(13-16)27-25(28)23(18-9-7-6-8-10-18)33-26(29)19-14-21(30-3)24(32-5)22(15-19)31-4/h6-15,23H,1-5H3,(H,27,28). The number of hydrogen-bond donors (Lipinski definition) is 1. The quantitative estimate of drug-likeness (QED) is 0.494. The summed E-state index contributed by atoms with van der Waals surface area (Å²) in [4.78, 5) is 26.3. The molecule has 0 aliphatic carbocycles. The second-order valence-corrected chi connectivity index (χ2v) is 7.42. The van der Waals surface area contributed by atoms with Crippen LogP contribution in [0.25, 0.3) is 0 Å². The van der Waals surface area contributed by atoms with Crippen molar-refractivity contribution in [3.8, 4) is 17.2 Å². The maximum absolute atomic E-state index is 13.2. The normalized spacial score (nSPS) is 11.3. The molecule has 1 atom stereocenters. The van der Waals surface area contributed by atoms with Crippen molar-refractivity contribution in [2.45, 2.75) is 20.0 Å². The van der Waals surface area contributed by atoms with E-state index in [1.807, 2.05) is 38.1 Å². The Morgan fingerprint density at radius 3 is 2.03 bits per heavy atom. The number of aryl methyl sites for hydroxylation is 2. The molecule has 0 spiro atoms. The first-order valence-corrected chi connectivity index (χ1v) is 10.3. The second-order valence-electron chi connectivity index (χ2n) is 7.42. The molecule has 0 aliphatic rings. The molecule has 0 saturated heterocycles. The maximum atomic E-state index is 13.2. The molecule has 0 radical (unpaired) electrons. The van der Waals surface area contributed by atoms with Crippen molar-refractivity contribution < 1.29 is 28.5 Å². The molecule has 7 heteroatoms. The van der Waals surface area contributed by atoms with E-state index in [4.69, 9.17) is 18.9 Å². The van der Waals surface area contributed by atoms with E-state index in [9.17, 15) is 9.59 Å². The molecule has 0 aliphatic heterocycles.